The largest absolute Gasteiger partial charge is 0.478 e. The highest BCUT2D eigenvalue weighted by Crippen LogP contribution is 2.37. The molecule has 3 heterocycles. The van der Waals surface area contributed by atoms with Gasteiger partial charge in [0.05, 0.1) is 17.5 Å². The van der Waals surface area contributed by atoms with Crippen LogP contribution >= 0.6 is 0 Å². The van der Waals surface area contributed by atoms with Crippen LogP contribution in [-0.4, -0.2) is 51.9 Å². The van der Waals surface area contributed by atoms with Crippen molar-refractivity contribution in [3.63, 3.8) is 0 Å². The first-order chi connectivity index (χ1) is 16.4. The molecular formula is C23H23F5N4O3. The van der Waals surface area contributed by atoms with Crippen LogP contribution in [-0.2, 0) is 6.54 Å². The first kappa shape index (κ1) is 24.7. The molecule has 1 aromatic heterocycles. The van der Waals surface area contributed by atoms with Gasteiger partial charge in [0.25, 0.3) is 11.5 Å². The first-order valence-corrected chi connectivity index (χ1v) is 11.0. The van der Waals surface area contributed by atoms with E-state index in [2.05, 4.69) is 10.3 Å². The third kappa shape index (κ3) is 5.15. The number of aromatic nitrogens is 2. The third-order valence-electron chi connectivity index (χ3n) is 6.25. The summed E-state index contributed by atoms with van der Waals surface area (Å²) >= 11 is 0. The number of nitrogens with zero attached hydrogens (tertiary/aromatic N) is 3. The van der Waals surface area contributed by atoms with E-state index < -0.39 is 55.0 Å². The summed E-state index contributed by atoms with van der Waals surface area (Å²) < 4.78 is 69.2. The van der Waals surface area contributed by atoms with E-state index in [1.54, 1.807) is 6.07 Å². The number of allylic oxidation sites excluding steroid dienone is 1. The number of hydrogen-bond donors (Lipinski definition) is 2. The van der Waals surface area contributed by atoms with Crippen molar-refractivity contribution in [2.75, 3.05) is 23.3 Å². The van der Waals surface area contributed by atoms with Gasteiger partial charge in [-0.3, -0.25) is 9.36 Å². The molecule has 2 N–H and O–H groups in total. The van der Waals surface area contributed by atoms with Crippen LogP contribution in [0, 0.1) is 5.92 Å². The predicted molar refractivity (Wildman–Crippen MR) is 119 cm³/mol. The normalized spacial score (nSPS) is 20.6. The van der Waals surface area contributed by atoms with Crippen LogP contribution in [0.25, 0.3) is 5.57 Å². The molecule has 2 aliphatic rings. The fourth-order valence-electron chi connectivity index (χ4n) is 4.30. The molecule has 0 radical (unpaired) electrons. The number of benzene rings is 1. The summed E-state index contributed by atoms with van der Waals surface area (Å²) in [6.45, 7) is 0.776. The van der Waals surface area contributed by atoms with E-state index in [-0.39, 0.29) is 41.6 Å². The van der Waals surface area contributed by atoms with Gasteiger partial charge in [-0.15, -0.1) is 0 Å². The molecule has 1 aromatic carbocycles. The van der Waals surface area contributed by atoms with Crippen LogP contribution in [0.2, 0.25) is 0 Å². The Morgan fingerprint density at radius 3 is 2.51 bits per heavy atom. The van der Waals surface area contributed by atoms with E-state index in [1.165, 1.54) is 30.0 Å². The fraction of sp³-hybridized carbons (Fsp3) is 0.435. The second kappa shape index (κ2) is 8.97. The average molecular weight is 498 g/mol. The lowest BCUT2D eigenvalue weighted by Gasteiger charge is -2.34. The summed E-state index contributed by atoms with van der Waals surface area (Å²) in [6.07, 6.45) is -4.49. The minimum absolute atomic E-state index is 0.0156. The molecule has 12 heteroatoms. The third-order valence-corrected chi connectivity index (χ3v) is 6.25. The van der Waals surface area contributed by atoms with E-state index in [0.717, 1.165) is 16.7 Å². The average Bonchev–Trinajstić information content (AvgIpc) is 2.78. The Hall–Kier alpha value is -3.44. The zero-order chi connectivity index (χ0) is 25.5. The van der Waals surface area contributed by atoms with Gasteiger partial charge < -0.3 is 15.3 Å². The van der Waals surface area contributed by atoms with Crippen molar-refractivity contribution in [2.45, 2.75) is 44.5 Å². The minimum atomic E-state index is -4.63. The molecular weight excluding hydrogens is 475 g/mol. The van der Waals surface area contributed by atoms with Gasteiger partial charge in [-0.25, -0.2) is 18.6 Å². The number of halogens is 5. The number of rotatable bonds is 5. The molecule has 0 bridgehead atoms. The highest BCUT2D eigenvalue weighted by molar-refractivity contribution is 5.94. The Labute approximate surface area is 196 Å². The predicted octanol–water partition coefficient (Wildman–Crippen LogP) is 4.25. The molecule has 2 aromatic rings. The summed E-state index contributed by atoms with van der Waals surface area (Å²) in [5.74, 6) is -5.89. The van der Waals surface area contributed by atoms with Crippen molar-refractivity contribution in [3.05, 3.63) is 58.1 Å². The number of aromatic carboxylic acids is 1. The van der Waals surface area contributed by atoms with Crippen LogP contribution in [0.3, 0.4) is 0 Å². The van der Waals surface area contributed by atoms with Crippen molar-refractivity contribution in [1.82, 2.24) is 9.55 Å². The van der Waals surface area contributed by atoms with Crippen molar-refractivity contribution in [1.29, 1.82) is 0 Å². The number of hydrogen-bond acceptors (Lipinski definition) is 5. The lowest BCUT2D eigenvalue weighted by atomic mass is 9.95. The number of alkyl halides is 5. The van der Waals surface area contributed by atoms with Crippen molar-refractivity contribution in [2.24, 2.45) is 5.92 Å². The number of fused-ring (bicyclic) bond motifs is 1. The molecule has 2 atom stereocenters. The Morgan fingerprint density at radius 2 is 1.89 bits per heavy atom. The van der Waals surface area contributed by atoms with Crippen LogP contribution in [0.4, 0.5) is 33.5 Å². The van der Waals surface area contributed by atoms with Gasteiger partial charge in [-0.1, -0.05) is 18.2 Å². The van der Waals surface area contributed by atoms with Crippen molar-refractivity contribution < 1.29 is 31.9 Å². The number of carboxylic acid groups (broad SMARTS) is 1. The van der Waals surface area contributed by atoms with E-state index in [4.69, 9.17) is 0 Å². The highest BCUT2D eigenvalue weighted by Gasteiger charge is 2.42. The van der Waals surface area contributed by atoms with Crippen LogP contribution in [0.15, 0.2) is 41.2 Å². The standard InChI is InChI=1S/C23H23F5N4O3/c1-13(29-17-5-3-2-4-15(17)21(34)35)16-10-14(23(26,27)28)12-32-19(33)11-18(30-20(16)32)31-8-6-22(24,25)7-9-31/h2-5,10-11,13-14,29H,6-9,12H2,1H3,(H,34,35)/t13-,14?/m1/s1. The number of piperidine rings is 1. The van der Waals surface area contributed by atoms with E-state index in [0.29, 0.717) is 0 Å². The van der Waals surface area contributed by atoms with Crippen LogP contribution in [0.5, 0.6) is 0 Å². The molecule has 2 aliphatic heterocycles. The zero-order valence-electron chi connectivity index (χ0n) is 18.6. The van der Waals surface area contributed by atoms with Crippen molar-refractivity contribution >= 4 is 23.0 Å². The summed E-state index contributed by atoms with van der Waals surface area (Å²) in [7, 11) is 0. The molecule has 0 spiro atoms. The number of carbonyl (C=O) groups is 1. The lowest BCUT2D eigenvalue weighted by molar-refractivity contribution is -0.164. The molecule has 1 unspecified atom stereocenters. The van der Waals surface area contributed by atoms with E-state index in [9.17, 15) is 36.6 Å². The molecule has 35 heavy (non-hydrogen) atoms. The first-order valence-electron chi connectivity index (χ1n) is 11.0. The fourth-order valence-corrected chi connectivity index (χ4v) is 4.30. The number of anilines is 2. The Morgan fingerprint density at radius 1 is 1.23 bits per heavy atom. The monoisotopic (exact) mass is 498 g/mol. The van der Waals surface area contributed by atoms with Crippen LogP contribution in [0.1, 0.15) is 35.9 Å². The maximum atomic E-state index is 13.7. The maximum Gasteiger partial charge on any atom is 0.396 e. The van der Waals surface area contributed by atoms with Crippen molar-refractivity contribution in [3.8, 4) is 0 Å². The lowest BCUT2D eigenvalue weighted by Crippen LogP contribution is -2.42. The number of para-hydroxylation sites is 1. The van der Waals surface area contributed by atoms with Gasteiger partial charge in [0, 0.05) is 49.8 Å². The van der Waals surface area contributed by atoms with E-state index >= 15 is 0 Å². The van der Waals surface area contributed by atoms with Gasteiger partial charge in [0.2, 0.25) is 0 Å². The van der Waals surface area contributed by atoms with Gasteiger partial charge in [-0.2, -0.15) is 13.2 Å². The second-order valence-corrected chi connectivity index (χ2v) is 8.72. The van der Waals surface area contributed by atoms with Gasteiger partial charge in [0.1, 0.15) is 11.6 Å². The maximum absolute atomic E-state index is 13.7. The molecule has 0 saturated carbocycles. The molecule has 4 rings (SSSR count). The SMILES string of the molecule is C[C@@H](Nc1ccccc1C(=O)O)C1=CC(C(F)(F)F)Cn2c1nc(N1CCC(F)(F)CC1)cc2=O. The molecule has 1 fully saturated rings. The Kier molecular flexibility index (Phi) is 6.32. The smallest absolute Gasteiger partial charge is 0.396 e. The molecule has 188 valence electrons. The zero-order valence-corrected chi connectivity index (χ0v) is 18.6. The summed E-state index contributed by atoms with van der Waals surface area (Å²) in [4.78, 5) is 30.3. The minimum Gasteiger partial charge on any atom is -0.478 e. The Balaban J connectivity index is 1.74. The van der Waals surface area contributed by atoms with E-state index in [1.807, 2.05) is 0 Å². The molecule has 0 amide bonds. The molecule has 1 saturated heterocycles. The number of carboxylic acids is 1. The summed E-state index contributed by atoms with van der Waals surface area (Å²) in [6, 6.07) is 6.14. The number of nitrogens with one attached hydrogen (secondary N) is 1. The quantitative estimate of drug-likeness (QED) is 0.600. The Bertz CT molecular complexity index is 1210. The van der Waals surface area contributed by atoms with Gasteiger partial charge in [-0.05, 0) is 19.1 Å². The highest BCUT2D eigenvalue weighted by atomic mass is 19.4. The molecule has 0 aliphatic carbocycles. The topological polar surface area (TPSA) is 87.5 Å². The second-order valence-electron chi connectivity index (χ2n) is 8.72. The van der Waals surface area contributed by atoms with Gasteiger partial charge >= 0.3 is 12.1 Å². The van der Waals surface area contributed by atoms with Gasteiger partial charge in [0.15, 0.2) is 0 Å². The molecule has 7 nitrogen and oxygen atoms in total. The summed E-state index contributed by atoms with van der Waals surface area (Å²) in [5, 5.41) is 12.3. The van der Waals surface area contributed by atoms with Crippen LogP contribution < -0.4 is 15.8 Å². The summed E-state index contributed by atoms with van der Waals surface area (Å²) in [5.41, 5.74) is -0.553.